The van der Waals surface area contributed by atoms with E-state index in [9.17, 15) is 0 Å². The van der Waals surface area contributed by atoms with Crippen molar-refractivity contribution in [3.63, 3.8) is 0 Å². The molecule has 24 heavy (non-hydrogen) atoms. The van der Waals surface area contributed by atoms with Crippen LogP contribution in [0.15, 0.2) is 52.5 Å². The van der Waals surface area contributed by atoms with Crippen LogP contribution < -0.4 is 0 Å². The largest absolute Gasteiger partial charge is 0.249 e. The predicted octanol–water partition coefficient (Wildman–Crippen LogP) is 7.07. The molecule has 1 saturated carbocycles. The van der Waals surface area contributed by atoms with Gasteiger partial charge in [0.1, 0.15) is 5.03 Å². The molecule has 1 fully saturated rings. The van der Waals surface area contributed by atoms with Crippen LogP contribution in [0.5, 0.6) is 0 Å². The third kappa shape index (κ3) is 5.03. The lowest BCUT2D eigenvalue weighted by atomic mass is 10.1. The molecule has 0 aliphatic heterocycles. The molecule has 1 aliphatic rings. The lowest BCUT2D eigenvalue weighted by Gasteiger charge is -2.12. The van der Waals surface area contributed by atoms with Crippen LogP contribution in [0, 0.1) is 0 Å². The minimum Gasteiger partial charge on any atom is -0.249 e. The van der Waals surface area contributed by atoms with Crippen LogP contribution in [0.3, 0.4) is 0 Å². The number of aromatic nitrogens is 1. The van der Waals surface area contributed by atoms with Gasteiger partial charge in [-0.2, -0.15) is 0 Å². The Morgan fingerprint density at radius 3 is 2.58 bits per heavy atom. The van der Waals surface area contributed by atoms with Gasteiger partial charge in [-0.15, -0.1) is 23.5 Å². The van der Waals surface area contributed by atoms with Crippen molar-refractivity contribution in [1.82, 2.24) is 4.98 Å². The Morgan fingerprint density at radius 1 is 1.04 bits per heavy atom. The highest BCUT2D eigenvalue weighted by Gasteiger charge is 2.18. The summed E-state index contributed by atoms with van der Waals surface area (Å²) in [6.45, 7) is 2.26. The van der Waals surface area contributed by atoms with Crippen molar-refractivity contribution in [2.75, 3.05) is 5.75 Å². The Bertz CT molecular complexity index is 618. The molecule has 128 valence electrons. The van der Waals surface area contributed by atoms with Crippen molar-refractivity contribution < 1.29 is 0 Å². The molecule has 0 radical (unpaired) electrons. The Balaban J connectivity index is 1.67. The molecular formula is C21H27NS2. The molecule has 1 aromatic heterocycles. The fourth-order valence-corrected chi connectivity index (χ4v) is 5.37. The third-order valence-corrected chi connectivity index (χ3v) is 6.99. The van der Waals surface area contributed by atoms with Crippen molar-refractivity contribution in [2.24, 2.45) is 0 Å². The van der Waals surface area contributed by atoms with E-state index in [0.29, 0.717) is 0 Å². The van der Waals surface area contributed by atoms with Gasteiger partial charge < -0.3 is 0 Å². The first-order valence-electron chi connectivity index (χ1n) is 9.21. The molecule has 0 unspecified atom stereocenters. The highest BCUT2D eigenvalue weighted by Crippen LogP contribution is 2.38. The van der Waals surface area contributed by atoms with E-state index in [1.54, 1.807) is 0 Å². The lowest BCUT2D eigenvalue weighted by molar-refractivity contribution is 0.778. The number of unbranched alkanes of at least 4 members (excludes halogenated alkanes) is 2. The Hall–Kier alpha value is -0.930. The summed E-state index contributed by atoms with van der Waals surface area (Å²) in [6.07, 6.45) is 11.3. The second kappa shape index (κ2) is 9.53. The SMILES string of the molecule is CCCCCSc1ccc(-c2cccnc2SC2CCCC2)cc1. The highest BCUT2D eigenvalue weighted by molar-refractivity contribution is 8.00. The normalized spacial score (nSPS) is 15.0. The van der Waals surface area contributed by atoms with E-state index >= 15 is 0 Å². The van der Waals surface area contributed by atoms with Gasteiger partial charge in [0.25, 0.3) is 0 Å². The zero-order valence-corrected chi connectivity index (χ0v) is 16.2. The lowest BCUT2D eigenvalue weighted by Crippen LogP contribution is -1.96. The van der Waals surface area contributed by atoms with Gasteiger partial charge in [0.05, 0.1) is 0 Å². The van der Waals surface area contributed by atoms with Crippen molar-refractivity contribution in [1.29, 1.82) is 0 Å². The van der Waals surface area contributed by atoms with E-state index in [1.165, 1.54) is 71.7 Å². The summed E-state index contributed by atoms with van der Waals surface area (Å²) >= 11 is 3.95. The van der Waals surface area contributed by atoms with Gasteiger partial charge in [0.2, 0.25) is 0 Å². The maximum atomic E-state index is 4.67. The molecule has 1 nitrogen and oxygen atoms in total. The fraction of sp³-hybridized carbons (Fsp3) is 0.476. The van der Waals surface area contributed by atoms with E-state index in [1.807, 2.05) is 29.7 Å². The smallest absolute Gasteiger partial charge is 0.104 e. The van der Waals surface area contributed by atoms with Crippen molar-refractivity contribution >= 4 is 23.5 Å². The van der Waals surface area contributed by atoms with Crippen LogP contribution in [0.2, 0.25) is 0 Å². The second-order valence-corrected chi connectivity index (χ2v) is 8.92. The van der Waals surface area contributed by atoms with Gasteiger partial charge in [0.15, 0.2) is 0 Å². The zero-order chi connectivity index (χ0) is 16.6. The molecule has 0 atom stereocenters. The molecule has 0 amide bonds. The molecule has 1 aromatic carbocycles. The number of hydrogen-bond acceptors (Lipinski definition) is 3. The van der Waals surface area contributed by atoms with Crippen LogP contribution >= 0.6 is 23.5 Å². The second-order valence-electron chi connectivity index (χ2n) is 6.46. The standard InChI is InChI=1S/C21H27NS2/c1-2-3-6-16-23-18-13-11-17(12-14-18)20-10-7-15-22-21(20)24-19-8-4-5-9-19/h7,10-15,19H,2-6,8-9,16H2,1H3. The number of pyridine rings is 1. The summed E-state index contributed by atoms with van der Waals surface area (Å²) in [7, 11) is 0. The molecule has 1 heterocycles. The van der Waals surface area contributed by atoms with Crippen molar-refractivity contribution in [3.05, 3.63) is 42.6 Å². The molecule has 0 bridgehead atoms. The summed E-state index contributed by atoms with van der Waals surface area (Å²) in [5.74, 6) is 1.23. The molecule has 0 spiro atoms. The minimum atomic E-state index is 0.757. The van der Waals surface area contributed by atoms with Crippen molar-refractivity contribution in [2.45, 2.75) is 67.0 Å². The summed E-state index contributed by atoms with van der Waals surface area (Å²) in [6, 6.07) is 13.3. The highest BCUT2D eigenvalue weighted by atomic mass is 32.2. The van der Waals surface area contributed by atoms with Crippen LogP contribution in [0.25, 0.3) is 11.1 Å². The summed E-state index contributed by atoms with van der Waals surface area (Å²) in [4.78, 5) is 6.05. The van der Waals surface area contributed by atoms with E-state index in [0.717, 1.165) is 5.25 Å². The quantitative estimate of drug-likeness (QED) is 0.370. The molecule has 1 aliphatic carbocycles. The minimum absolute atomic E-state index is 0.757. The van der Waals surface area contributed by atoms with E-state index in [-0.39, 0.29) is 0 Å². The number of rotatable bonds is 8. The molecule has 3 rings (SSSR count). The summed E-state index contributed by atoms with van der Waals surface area (Å²) < 4.78 is 0. The topological polar surface area (TPSA) is 12.9 Å². The maximum absolute atomic E-state index is 4.67. The predicted molar refractivity (Wildman–Crippen MR) is 108 cm³/mol. The third-order valence-electron chi connectivity index (χ3n) is 4.53. The van der Waals surface area contributed by atoms with Gasteiger partial charge in [0, 0.05) is 21.9 Å². The molecular weight excluding hydrogens is 330 g/mol. The average molecular weight is 358 g/mol. The van der Waals surface area contributed by atoms with Gasteiger partial charge in [-0.05, 0) is 48.8 Å². The van der Waals surface area contributed by atoms with Crippen LogP contribution in [0.4, 0.5) is 0 Å². The molecule has 0 N–H and O–H groups in total. The average Bonchev–Trinajstić information content (AvgIpc) is 3.13. The van der Waals surface area contributed by atoms with Crippen molar-refractivity contribution in [3.8, 4) is 11.1 Å². The van der Waals surface area contributed by atoms with Crippen LogP contribution in [-0.4, -0.2) is 16.0 Å². The zero-order valence-electron chi connectivity index (χ0n) is 14.5. The molecule has 2 aromatic rings. The maximum Gasteiger partial charge on any atom is 0.104 e. The molecule has 3 heteroatoms. The number of benzene rings is 1. The Labute approximate surface area is 155 Å². The summed E-state index contributed by atoms with van der Waals surface area (Å²) in [5.41, 5.74) is 2.58. The first-order valence-corrected chi connectivity index (χ1v) is 11.1. The van der Waals surface area contributed by atoms with Gasteiger partial charge in [-0.25, -0.2) is 4.98 Å². The van der Waals surface area contributed by atoms with Gasteiger partial charge in [-0.1, -0.05) is 50.8 Å². The monoisotopic (exact) mass is 357 g/mol. The first kappa shape index (κ1) is 17.9. The summed E-state index contributed by atoms with van der Waals surface area (Å²) in [5, 5.41) is 1.96. The molecule has 0 saturated heterocycles. The van der Waals surface area contributed by atoms with Crippen LogP contribution in [-0.2, 0) is 0 Å². The van der Waals surface area contributed by atoms with Gasteiger partial charge in [-0.3, -0.25) is 0 Å². The Morgan fingerprint density at radius 2 is 1.83 bits per heavy atom. The first-order chi connectivity index (χ1) is 11.9. The van der Waals surface area contributed by atoms with E-state index in [2.05, 4.69) is 48.3 Å². The number of nitrogens with zero attached hydrogens (tertiary/aromatic N) is 1. The van der Waals surface area contributed by atoms with Gasteiger partial charge >= 0.3 is 0 Å². The Kier molecular flexibility index (Phi) is 7.10. The number of hydrogen-bond donors (Lipinski definition) is 0. The fourth-order valence-electron chi connectivity index (χ4n) is 3.14. The van der Waals surface area contributed by atoms with E-state index in [4.69, 9.17) is 0 Å². The van der Waals surface area contributed by atoms with E-state index < -0.39 is 0 Å². The number of thioether (sulfide) groups is 2. The van der Waals surface area contributed by atoms with Crippen LogP contribution in [0.1, 0.15) is 51.9 Å².